The van der Waals surface area contributed by atoms with E-state index in [0.717, 1.165) is 19.3 Å². The summed E-state index contributed by atoms with van der Waals surface area (Å²) in [6, 6.07) is 3.07. The van der Waals surface area contributed by atoms with Crippen LogP contribution in [0.2, 0.25) is 0 Å². The highest BCUT2D eigenvalue weighted by molar-refractivity contribution is 7.89. The predicted octanol–water partition coefficient (Wildman–Crippen LogP) is 2.71. The van der Waals surface area contributed by atoms with Gasteiger partial charge in [0, 0.05) is 31.9 Å². The lowest BCUT2D eigenvalue weighted by atomic mass is 10.2. The van der Waals surface area contributed by atoms with Crippen LogP contribution in [0.15, 0.2) is 23.2 Å². The molecular weight excluding hydrogens is 274 g/mol. The fourth-order valence-corrected chi connectivity index (χ4v) is 3.71. The lowest BCUT2D eigenvalue weighted by Crippen LogP contribution is -2.37. The minimum Gasteiger partial charge on any atom is -0.373 e. The van der Waals surface area contributed by atoms with Crippen LogP contribution in [0.1, 0.15) is 40.0 Å². The minimum absolute atomic E-state index is 0.0527. The van der Waals surface area contributed by atoms with E-state index in [1.165, 1.54) is 6.20 Å². The van der Waals surface area contributed by atoms with Crippen LogP contribution in [0.4, 0.5) is 5.82 Å². The van der Waals surface area contributed by atoms with E-state index in [1.807, 2.05) is 13.8 Å². The van der Waals surface area contributed by atoms with E-state index in [-0.39, 0.29) is 6.04 Å². The van der Waals surface area contributed by atoms with Gasteiger partial charge in [-0.1, -0.05) is 19.8 Å². The van der Waals surface area contributed by atoms with Gasteiger partial charge in [-0.05, 0) is 26.3 Å². The summed E-state index contributed by atoms with van der Waals surface area (Å²) in [7, 11) is -1.74. The van der Waals surface area contributed by atoms with Crippen molar-refractivity contribution in [2.75, 3.05) is 18.9 Å². The Morgan fingerprint density at radius 2 is 2.05 bits per heavy atom. The third-order valence-corrected chi connectivity index (χ3v) is 5.22. The van der Waals surface area contributed by atoms with Gasteiger partial charge in [0.2, 0.25) is 10.0 Å². The second-order valence-corrected chi connectivity index (χ2v) is 6.93. The molecule has 114 valence electrons. The third-order valence-electron chi connectivity index (χ3n) is 3.15. The molecule has 0 saturated carbocycles. The lowest BCUT2D eigenvalue weighted by molar-refractivity contribution is 0.345. The van der Waals surface area contributed by atoms with Gasteiger partial charge in [-0.15, -0.1) is 0 Å². The van der Waals surface area contributed by atoms with Gasteiger partial charge in [-0.25, -0.2) is 13.4 Å². The number of anilines is 1. The topological polar surface area (TPSA) is 62.3 Å². The molecular formula is C14H25N3O2S. The summed E-state index contributed by atoms with van der Waals surface area (Å²) in [6.07, 6.45) is 4.52. The Morgan fingerprint density at radius 3 is 2.60 bits per heavy atom. The number of hydrogen-bond acceptors (Lipinski definition) is 4. The molecule has 6 heteroatoms. The number of nitrogens with zero attached hydrogens (tertiary/aromatic N) is 2. The molecule has 0 unspecified atom stereocenters. The lowest BCUT2D eigenvalue weighted by Gasteiger charge is -2.26. The van der Waals surface area contributed by atoms with Gasteiger partial charge in [-0.3, -0.25) is 0 Å². The fourth-order valence-electron chi connectivity index (χ4n) is 2.02. The molecule has 1 aromatic heterocycles. The van der Waals surface area contributed by atoms with E-state index in [2.05, 4.69) is 17.2 Å². The molecule has 0 amide bonds. The molecule has 0 spiro atoms. The quantitative estimate of drug-likeness (QED) is 0.750. The van der Waals surface area contributed by atoms with Crippen LogP contribution in [0.3, 0.4) is 0 Å². The summed E-state index contributed by atoms with van der Waals surface area (Å²) >= 11 is 0. The first-order valence-corrected chi connectivity index (χ1v) is 8.53. The molecule has 0 aliphatic rings. The largest absolute Gasteiger partial charge is 0.373 e. The summed E-state index contributed by atoms with van der Waals surface area (Å²) < 4.78 is 27.0. The number of hydrogen-bond donors (Lipinski definition) is 1. The zero-order valence-corrected chi connectivity index (χ0v) is 13.6. The Kier molecular flexibility index (Phi) is 6.42. The first kappa shape index (κ1) is 16.9. The van der Waals surface area contributed by atoms with Crippen molar-refractivity contribution in [1.82, 2.24) is 9.29 Å². The molecule has 0 aliphatic heterocycles. The van der Waals surface area contributed by atoms with Crippen LogP contribution in [-0.4, -0.2) is 37.3 Å². The maximum absolute atomic E-state index is 12.7. The highest BCUT2D eigenvalue weighted by Crippen LogP contribution is 2.20. The van der Waals surface area contributed by atoms with Crippen LogP contribution in [0.25, 0.3) is 0 Å². The van der Waals surface area contributed by atoms with Crippen LogP contribution in [-0.2, 0) is 10.0 Å². The Hall–Kier alpha value is -1.14. The molecule has 5 nitrogen and oxygen atoms in total. The molecule has 1 heterocycles. The van der Waals surface area contributed by atoms with Crippen molar-refractivity contribution in [3.05, 3.63) is 18.3 Å². The number of unbranched alkanes of at least 4 members (excludes halogenated alkanes) is 2. The Labute approximate surface area is 122 Å². The van der Waals surface area contributed by atoms with Gasteiger partial charge in [0.05, 0.1) is 4.90 Å². The normalized spacial score (nSPS) is 12.1. The number of rotatable bonds is 8. The van der Waals surface area contributed by atoms with E-state index in [1.54, 1.807) is 23.5 Å². The maximum atomic E-state index is 12.7. The average Bonchev–Trinajstić information content (AvgIpc) is 2.43. The number of sulfonamides is 1. The van der Waals surface area contributed by atoms with Crippen molar-refractivity contribution in [2.45, 2.75) is 51.0 Å². The number of nitrogens with one attached hydrogen (secondary N) is 1. The summed E-state index contributed by atoms with van der Waals surface area (Å²) in [4.78, 5) is 4.35. The summed E-state index contributed by atoms with van der Waals surface area (Å²) in [6.45, 7) is 6.48. The number of aromatic nitrogens is 1. The smallest absolute Gasteiger partial charge is 0.243 e. The zero-order chi connectivity index (χ0) is 15.2. The summed E-state index contributed by atoms with van der Waals surface area (Å²) in [5, 5.41) is 2.87. The first-order chi connectivity index (χ1) is 9.43. The molecule has 0 fully saturated rings. The Balaban J connectivity index is 3.02. The van der Waals surface area contributed by atoms with Crippen LogP contribution in [0, 0.1) is 0 Å². The molecule has 1 N–H and O–H groups in total. The van der Waals surface area contributed by atoms with Crippen molar-refractivity contribution in [2.24, 2.45) is 0 Å². The van der Waals surface area contributed by atoms with Gasteiger partial charge >= 0.3 is 0 Å². The summed E-state index contributed by atoms with van der Waals surface area (Å²) in [5.41, 5.74) is 0. The molecule has 0 bridgehead atoms. The van der Waals surface area contributed by atoms with Crippen LogP contribution < -0.4 is 5.32 Å². The third kappa shape index (κ3) is 4.18. The standard InChI is InChI=1S/C14H25N3O2S/c1-5-6-7-10-17(12(2)3)20(18,19)13-8-9-16-14(11-13)15-4/h8-9,11-12H,5-7,10H2,1-4H3,(H,15,16). The Bertz CT molecular complexity index is 515. The predicted molar refractivity (Wildman–Crippen MR) is 82.3 cm³/mol. The van der Waals surface area contributed by atoms with Gasteiger partial charge in [-0.2, -0.15) is 4.31 Å². The molecule has 0 atom stereocenters. The molecule has 1 rings (SSSR count). The second kappa shape index (κ2) is 7.59. The molecule has 20 heavy (non-hydrogen) atoms. The van der Waals surface area contributed by atoms with E-state index >= 15 is 0 Å². The van der Waals surface area contributed by atoms with E-state index in [0.29, 0.717) is 17.3 Å². The highest BCUT2D eigenvalue weighted by atomic mass is 32.2. The highest BCUT2D eigenvalue weighted by Gasteiger charge is 2.26. The molecule has 0 aliphatic carbocycles. The van der Waals surface area contributed by atoms with Gasteiger partial charge in [0.15, 0.2) is 0 Å². The van der Waals surface area contributed by atoms with Gasteiger partial charge < -0.3 is 5.32 Å². The van der Waals surface area contributed by atoms with Crippen molar-refractivity contribution < 1.29 is 8.42 Å². The monoisotopic (exact) mass is 299 g/mol. The van der Waals surface area contributed by atoms with Crippen molar-refractivity contribution >= 4 is 15.8 Å². The van der Waals surface area contributed by atoms with E-state index in [4.69, 9.17) is 0 Å². The van der Waals surface area contributed by atoms with E-state index < -0.39 is 10.0 Å². The SMILES string of the molecule is CCCCCN(C(C)C)S(=O)(=O)c1ccnc(NC)c1. The minimum atomic E-state index is -3.46. The maximum Gasteiger partial charge on any atom is 0.243 e. The van der Waals surface area contributed by atoms with Crippen molar-refractivity contribution in [3.63, 3.8) is 0 Å². The Morgan fingerprint density at radius 1 is 1.35 bits per heavy atom. The van der Waals surface area contributed by atoms with Crippen LogP contribution >= 0.6 is 0 Å². The first-order valence-electron chi connectivity index (χ1n) is 7.09. The average molecular weight is 299 g/mol. The molecule has 0 aromatic carbocycles. The summed E-state index contributed by atoms with van der Waals surface area (Å²) in [5.74, 6) is 0.559. The van der Waals surface area contributed by atoms with Gasteiger partial charge in [0.25, 0.3) is 0 Å². The number of pyridine rings is 1. The van der Waals surface area contributed by atoms with Gasteiger partial charge in [0.1, 0.15) is 5.82 Å². The van der Waals surface area contributed by atoms with Crippen molar-refractivity contribution in [3.8, 4) is 0 Å². The molecule has 1 aromatic rings. The van der Waals surface area contributed by atoms with Crippen molar-refractivity contribution in [1.29, 1.82) is 0 Å². The second-order valence-electron chi connectivity index (χ2n) is 5.04. The molecule has 0 saturated heterocycles. The van der Waals surface area contributed by atoms with E-state index in [9.17, 15) is 8.42 Å². The van der Waals surface area contributed by atoms with Crippen LogP contribution in [0.5, 0.6) is 0 Å². The molecule has 0 radical (unpaired) electrons. The zero-order valence-electron chi connectivity index (χ0n) is 12.8. The fraction of sp³-hybridized carbons (Fsp3) is 0.643.